The van der Waals surface area contributed by atoms with E-state index in [0.29, 0.717) is 28.2 Å². The number of hydrogen-bond donors (Lipinski definition) is 1. The molecule has 0 fully saturated rings. The Kier molecular flexibility index (Phi) is 5.67. The molecule has 1 amide bonds. The third-order valence-corrected chi connectivity index (χ3v) is 5.40. The highest BCUT2D eigenvalue weighted by molar-refractivity contribution is 7.89. The van der Waals surface area contributed by atoms with E-state index in [4.69, 9.17) is 0 Å². The maximum atomic E-state index is 13.7. The molecule has 0 aliphatic carbocycles. The average molecular weight is 404 g/mol. The Morgan fingerprint density at radius 1 is 1.19 bits per heavy atom. The Bertz CT molecular complexity index is 1080. The lowest BCUT2D eigenvalue weighted by atomic mass is 10.1. The van der Waals surface area contributed by atoms with Crippen molar-refractivity contribution in [3.8, 4) is 0 Å². The average Bonchev–Trinajstić information content (AvgIpc) is 3.04. The highest BCUT2D eigenvalue weighted by Gasteiger charge is 2.13. The highest BCUT2D eigenvalue weighted by atomic mass is 32.2. The fraction of sp³-hybridized carbons (Fsp3) is 0.158. The van der Waals surface area contributed by atoms with Gasteiger partial charge in [0.2, 0.25) is 0 Å². The van der Waals surface area contributed by atoms with Gasteiger partial charge in [0, 0.05) is 23.7 Å². The zero-order chi connectivity index (χ0) is 19.4. The molecule has 1 aromatic heterocycles. The van der Waals surface area contributed by atoms with Crippen molar-refractivity contribution in [1.82, 2.24) is 4.98 Å². The molecule has 3 aromatic rings. The summed E-state index contributed by atoms with van der Waals surface area (Å²) in [6.45, 7) is 0. The first-order valence-corrected chi connectivity index (χ1v) is 11.0. The topological polar surface area (TPSA) is 76.1 Å². The number of anilines is 1. The first kappa shape index (κ1) is 19.2. The summed E-state index contributed by atoms with van der Waals surface area (Å²) in [7, 11) is -3.16. The van der Waals surface area contributed by atoms with Gasteiger partial charge in [-0.2, -0.15) is 0 Å². The van der Waals surface area contributed by atoms with E-state index in [1.807, 2.05) is 0 Å². The van der Waals surface area contributed by atoms with Gasteiger partial charge in [0.25, 0.3) is 5.91 Å². The molecule has 0 spiro atoms. The molecule has 0 radical (unpaired) electrons. The molecule has 0 saturated carbocycles. The molecule has 0 saturated heterocycles. The van der Waals surface area contributed by atoms with E-state index < -0.39 is 15.7 Å². The van der Waals surface area contributed by atoms with Crippen LogP contribution in [0, 0.1) is 5.82 Å². The number of halogens is 1. The number of carbonyl (C=O) groups excluding carboxylic acids is 1. The quantitative estimate of drug-likeness (QED) is 0.680. The zero-order valence-corrected chi connectivity index (χ0v) is 16.1. The number of nitrogens with zero attached hydrogens (tertiary/aromatic N) is 1. The minimum Gasteiger partial charge on any atom is -0.321 e. The third-order valence-electron chi connectivity index (χ3n) is 3.70. The largest absolute Gasteiger partial charge is 0.321 e. The highest BCUT2D eigenvalue weighted by Crippen LogP contribution is 2.19. The van der Waals surface area contributed by atoms with E-state index in [1.54, 1.807) is 47.8 Å². The van der Waals surface area contributed by atoms with Crippen LogP contribution >= 0.6 is 11.3 Å². The van der Waals surface area contributed by atoms with Crippen LogP contribution in [0.4, 0.5) is 10.1 Å². The van der Waals surface area contributed by atoms with Crippen molar-refractivity contribution in [2.24, 2.45) is 0 Å². The molecule has 1 heterocycles. The Morgan fingerprint density at radius 3 is 2.70 bits per heavy atom. The Hall–Kier alpha value is -2.58. The smallest absolute Gasteiger partial charge is 0.275 e. The van der Waals surface area contributed by atoms with Gasteiger partial charge in [-0.25, -0.2) is 17.8 Å². The Balaban J connectivity index is 1.70. The Labute approximate surface area is 160 Å². The molecule has 8 heteroatoms. The van der Waals surface area contributed by atoms with Crippen LogP contribution in [0.25, 0.3) is 0 Å². The standard InChI is InChI=1S/C19H17FN2O3S2/c1-27(24,25)12-13-5-4-7-15(9-13)21-19(23)17-11-26-18(22-17)10-14-6-2-3-8-16(14)20/h2-9,11H,10,12H2,1H3,(H,21,23). The van der Waals surface area contributed by atoms with Gasteiger partial charge in [-0.15, -0.1) is 11.3 Å². The van der Waals surface area contributed by atoms with Gasteiger partial charge in [-0.1, -0.05) is 30.3 Å². The molecule has 5 nitrogen and oxygen atoms in total. The SMILES string of the molecule is CS(=O)(=O)Cc1cccc(NC(=O)c2csc(Cc3ccccc3F)n2)c1. The van der Waals surface area contributed by atoms with E-state index in [2.05, 4.69) is 10.3 Å². The van der Waals surface area contributed by atoms with Gasteiger partial charge in [0.1, 0.15) is 11.5 Å². The second-order valence-corrected chi connectivity index (χ2v) is 9.20. The molecule has 0 bridgehead atoms. The van der Waals surface area contributed by atoms with Crippen molar-refractivity contribution >= 4 is 32.8 Å². The first-order chi connectivity index (χ1) is 12.8. The number of benzene rings is 2. The molecular weight excluding hydrogens is 387 g/mol. The van der Waals surface area contributed by atoms with Gasteiger partial charge >= 0.3 is 0 Å². The summed E-state index contributed by atoms with van der Waals surface area (Å²) in [5, 5.41) is 4.96. The lowest BCUT2D eigenvalue weighted by Crippen LogP contribution is -2.13. The van der Waals surface area contributed by atoms with Crippen molar-refractivity contribution in [1.29, 1.82) is 0 Å². The normalized spacial score (nSPS) is 11.3. The summed E-state index contributed by atoms with van der Waals surface area (Å²) in [6.07, 6.45) is 1.47. The molecule has 27 heavy (non-hydrogen) atoms. The fourth-order valence-electron chi connectivity index (χ4n) is 2.54. The van der Waals surface area contributed by atoms with E-state index in [1.165, 1.54) is 17.4 Å². The summed E-state index contributed by atoms with van der Waals surface area (Å²) in [6, 6.07) is 13.1. The van der Waals surface area contributed by atoms with Gasteiger partial charge < -0.3 is 5.32 Å². The van der Waals surface area contributed by atoms with Crippen molar-refractivity contribution in [3.63, 3.8) is 0 Å². The van der Waals surface area contributed by atoms with Crippen LogP contribution in [0.2, 0.25) is 0 Å². The van der Waals surface area contributed by atoms with Crippen LogP contribution in [0.3, 0.4) is 0 Å². The second kappa shape index (κ2) is 7.98. The molecule has 3 rings (SSSR count). The van der Waals surface area contributed by atoms with E-state index >= 15 is 0 Å². The van der Waals surface area contributed by atoms with Gasteiger partial charge in [0.15, 0.2) is 9.84 Å². The van der Waals surface area contributed by atoms with Crippen LogP contribution in [0.5, 0.6) is 0 Å². The summed E-state index contributed by atoms with van der Waals surface area (Å²) in [5.74, 6) is -0.802. The summed E-state index contributed by atoms with van der Waals surface area (Å²) < 4.78 is 36.6. The number of thiazole rings is 1. The number of rotatable bonds is 6. The number of hydrogen-bond acceptors (Lipinski definition) is 5. The van der Waals surface area contributed by atoms with Crippen molar-refractivity contribution in [2.75, 3.05) is 11.6 Å². The van der Waals surface area contributed by atoms with Crippen LogP contribution in [0.1, 0.15) is 26.6 Å². The van der Waals surface area contributed by atoms with Crippen LogP contribution < -0.4 is 5.32 Å². The molecule has 0 aliphatic rings. The summed E-state index contributed by atoms with van der Waals surface area (Å²) in [4.78, 5) is 16.7. The lowest BCUT2D eigenvalue weighted by molar-refractivity contribution is 0.102. The van der Waals surface area contributed by atoms with E-state index in [0.717, 1.165) is 6.26 Å². The molecule has 140 valence electrons. The minimum atomic E-state index is -3.16. The van der Waals surface area contributed by atoms with Crippen molar-refractivity contribution < 1.29 is 17.6 Å². The molecular formula is C19H17FN2O3S2. The predicted molar refractivity (Wildman–Crippen MR) is 104 cm³/mol. The number of sulfone groups is 1. The summed E-state index contributed by atoms with van der Waals surface area (Å²) in [5.41, 5.74) is 1.84. The molecule has 0 unspecified atom stereocenters. The fourth-order valence-corrected chi connectivity index (χ4v) is 4.12. The molecule has 1 N–H and O–H groups in total. The maximum absolute atomic E-state index is 13.7. The number of carbonyl (C=O) groups is 1. The molecule has 0 atom stereocenters. The van der Waals surface area contributed by atoms with Gasteiger partial charge in [0.05, 0.1) is 10.8 Å². The number of aromatic nitrogens is 1. The van der Waals surface area contributed by atoms with Gasteiger partial charge in [-0.3, -0.25) is 4.79 Å². The van der Waals surface area contributed by atoms with Gasteiger partial charge in [-0.05, 0) is 29.3 Å². The van der Waals surface area contributed by atoms with Crippen LogP contribution in [-0.2, 0) is 22.0 Å². The Morgan fingerprint density at radius 2 is 1.96 bits per heavy atom. The van der Waals surface area contributed by atoms with Crippen LogP contribution in [0.15, 0.2) is 53.9 Å². The molecule has 2 aromatic carbocycles. The number of nitrogens with one attached hydrogen (secondary N) is 1. The lowest BCUT2D eigenvalue weighted by Gasteiger charge is -2.06. The third kappa shape index (κ3) is 5.45. The monoisotopic (exact) mass is 404 g/mol. The number of amides is 1. The van der Waals surface area contributed by atoms with E-state index in [9.17, 15) is 17.6 Å². The molecule has 0 aliphatic heterocycles. The zero-order valence-electron chi connectivity index (χ0n) is 14.5. The minimum absolute atomic E-state index is 0.0970. The van der Waals surface area contributed by atoms with Crippen molar-refractivity contribution in [3.05, 3.63) is 81.6 Å². The predicted octanol–water partition coefficient (Wildman–Crippen LogP) is 3.67. The first-order valence-electron chi connectivity index (χ1n) is 8.06. The summed E-state index contributed by atoms with van der Waals surface area (Å²) >= 11 is 1.29. The van der Waals surface area contributed by atoms with E-state index in [-0.39, 0.29) is 17.3 Å². The second-order valence-electron chi connectivity index (χ2n) is 6.12. The van der Waals surface area contributed by atoms with Crippen LogP contribution in [-0.4, -0.2) is 25.6 Å². The van der Waals surface area contributed by atoms with Crippen molar-refractivity contribution in [2.45, 2.75) is 12.2 Å². The maximum Gasteiger partial charge on any atom is 0.275 e.